The maximum Gasteiger partial charge on any atom is 0.136 e. The molecule has 4 nitrogen and oxygen atoms in total. The van der Waals surface area contributed by atoms with Crippen LogP contribution in [0.4, 0.5) is 21.7 Å². The lowest BCUT2D eigenvalue weighted by Crippen LogP contribution is -2.09. The molecule has 1 aromatic heterocycles. The third-order valence-corrected chi connectivity index (χ3v) is 3.62. The van der Waals surface area contributed by atoms with Gasteiger partial charge >= 0.3 is 0 Å². The van der Waals surface area contributed by atoms with Gasteiger partial charge in [0.25, 0.3) is 0 Å². The van der Waals surface area contributed by atoms with Crippen molar-refractivity contribution in [3.05, 3.63) is 77.9 Å². The number of aromatic nitrogens is 2. The lowest BCUT2D eigenvalue weighted by molar-refractivity contribution is 0.628. The first-order valence-electron chi connectivity index (χ1n) is 7.80. The van der Waals surface area contributed by atoms with E-state index >= 15 is 0 Å². The van der Waals surface area contributed by atoms with Gasteiger partial charge in [-0.2, -0.15) is 0 Å². The molecule has 0 saturated heterocycles. The standard InChI is InChI=1S/C19H19FN4/c1-13(15-6-4-3-5-7-15)21-18-12-19(23-14(2)22-18)24-17-10-8-16(20)9-11-17/h3-13H,1-2H3,(H2,21,22,23,24). The molecule has 0 spiro atoms. The molecule has 3 rings (SSSR count). The van der Waals surface area contributed by atoms with Gasteiger partial charge in [0.05, 0.1) is 0 Å². The Morgan fingerprint density at radius 1 is 0.917 bits per heavy atom. The van der Waals surface area contributed by atoms with Gasteiger partial charge < -0.3 is 10.6 Å². The normalized spacial score (nSPS) is 11.8. The second kappa shape index (κ2) is 7.08. The summed E-state index contributed by atoms with van der Waals surface area (Å²) in [5, 5.41) is 6.55. The summed E-state index contributed by atoms with van der Waals surface area (Å²) in [5.41, 5.74) is 1.96. The third-order valence-electron chi connectivity index (χ3n) is 3.62. The molecule has 0 aliphatic carbocycles. The zero-order chi connectivity index (χ0) is 16.9. The van der Waals surface area contributed by atoms with Crippen molar-refractivity contribution in [2.45, 2.75) is 19.9 Å². The van der Waals surface area contributed by atoms with Crippen LogP contribution in [-0.2, 0) is 0 Å². The van der Waals surface area contributed by atoms with Crippen molar-refractivity contribution in [2.24, 2.45) is 0 Å². The molecule has 0 aliphatic heterocycles. The molecule has 122 valence electrons. The molecule has 1 heterocycles. The maximum atomic E-state index is 13.0. The number of aryl methyl sites for hydroxylation is 1. The summed E-state index contributed by atoms with van der Waals surface area (Å²) in [6, 6.07) is 18.3. The first-order valence-corrected chi connectivity index (χ1v) is 7.80. The van der Waals surface area contributed by atoms with Crippen molar-refractivity contribution in [1.82, 2.24) is 9.97 Å². The smallest absolute Gasteiger partial charge is 0.136 e. The zero-order valence-corrected chi connectivity index (χ0v) is 13.6. The van der Waals surface area contributed by atoms with E-state index in [1.807, 2.05) is 31.2 Å². The quantitative estimate of drug-likeness (QED) is 0.705. The van der Waals surface area contributed by atoms with E-state index in [2.05, 4.69) is 39.7 Å². The van der Waals surface area contributed by atoms with Crippen molar-refractivity contribution in [1.29, 1.82) is 0 Å². The molecule has 5 heteroatoms. The SMILES string of the molecule is Cc1nc(Nc2ccc(F)cc2)cc(NC(C)c2ccccc2)n1. The second-order valence-electron chi connectivity index (χ2n) is 5.59. The van der Waals surface area contributed by atoms with E-state index in [-0.39, 0.29) is 11.9 Å². The Hall–Kier alpha value is -2.95. The number of nitrogens with zero attached hydrogens (tertiary/aromatic N) is 2. The Morgan fingerprint density at radius 3 is 2.29 bits per heavy atom. The van der Waals surface area contributed by atoms with E-state index in [1.165, 1.54) is 17.7 Å². The molecule has 24 heavy (non-hydrogen) atoms. The first kappa shape index (κ1) is 15.9. The largest absolute Gasteiger partial charge is 0.363 e. The molecule has 0 saturated carbocycles. The molecule has 0 fully saturated rings. The Labute approximate surface area is 140 Å². The number of nitrogens with one attached hydrogen (secondary N) is 2. The molecular weight excluding hydrogens is 303 g/mol. The molecule has 0 bridgehead atoms. The predicted octanol–water partition coefficient (Wildman–Crippen LogP) is 4.84. The fourth-order valence-corrected chi connectivity index (χ4v) is 2.43. The van der Waals surface area contributed by atoms with Crippen molar-refractivity contribution < 1.29 is 4.39 Å². The minimum Gasteiger partial charge on any atom is -0.363 e. The monoisotopic (exact) mass is 322 g/mol. The minimum atomic E-state index is -0.265. The lowest BCUT2D eigenvalue weighted by atomic mass is 10.1. The highest BCUT2D eigenvalue weighted by atomic mass is 19.1. The predicted molar refractivity (Wildman–Crippen MR) is 94.9 cm³/mol. The number of hydrogen-bond acceptors (Lipinski definition) is 4. The molecule has 0 amide bonds. The second-order valence-corrected chi connectivity index (χ2v) is 5.59. The Morgan fingerprint density at radius 2 is 1.58 bits per heavy atom. The van der Waals surface area contributed by atoms with Crippen molar-refractivity contribution >= 4 is 17.3 Å². The lowest BCUT2D eigenvalue weighted by Gasteiger charge is -2.16. The molecule has 3 aromatic rings. The number of halogens is 1. The highest BCUT2D eigenvalue weighted by Gasteiger charge is 2.08. The maximum absolute atomic E-state index is 13.0. The highest BCUT2D eigenvalue weighted by Crippen LogP contribution is 2.21. The van der Waals surface area contributed by atoms with E-state index in [0.29, 0.717) is 11.6 Å². The molecule has 2 N–H and O–H groups in total. The van der Waals surface area contributed by atoms with Gasteiger partial charge in [0, 0.05) is 17.8 Å². The summed E-state index contributed by atoms with van der Waals surface area (Å²) in [6.07, 6.45) is 0. The van der Waals surface area contributed by atoms with Crippen LogP contribution < -0.4 is 10.6 Å². The fraction of sp³-hybridized carbons (Fsp3) is 0.158. The van der Waals surface area contributed by atoms with Gasteiger partial charge in [0.1, 0.15) is 23.3 Å². The summed E-state index contributed by atoms with van der Waals surface area (Å²) in [6.45, 7) is 3.92. The Bertz CT molecular complexity index is 803. The van der Waals surface area contributed by atoms with Crippen LogP contribution in [-0.4, -0.2) is 9.97 Å². The molecule has 0 radical (unpaired) electrons. The molecule has 2 aromatic carbocycles. The van der Waals surface area contributed by atoms with Crippen LogP contribution in [0, 0.1) is 12.7 Å². The van der Waals surface area contributed by atoms with Crippen molar-refractivity contribution in [3.8, 4) is 0 Å². The van der Waals surface area contributed by atoms with Gasteiger partial charge in [-0.3, -0.25) is 0 Å². The van der Waals surface area contributed by atoms with E-state index in [1.54, 1.807) is 12.1 Å². The van der Waals surface area contributed by atoms with Gasteiger partial charge in [-0.25, -0.2) is 14.4 Å². The van der Waals surface area contributed by atoms with Crippen molar-refractivity contribution in [2.75, 3.05) is 10.6 Å². The minimum absolute atomic E-state index is 0.124. The number of hydrogen-bond donors (Lipinski definition) is 2. The summed E-state index contributed by atoms with van der Waals surface area (Å²) in [7, 11) is 0. The average molecular weight is 322 g/mol. The van der Waals surface area contributed by atoms with Crippen LogP contribution in [0.2, 0.25) is 0 Å². The van der Waals surface area contributed by atoms with Gasteiger partial charge in [-0.15, -0.1) is 0 Å². The summed E-state index contributed by atoms with van der Waals surface area (Å²) in [4.78, 5) is 8.81. The Kier molecular flexibility index (Phi) is 4.70. The zero-order valence-electron chi connectivity index (χ0n) is 13.6. The van der Waals surface area contributed by atoms with Gasteiger partial charge in [0.15, 0.2) is 0 Å². The van der Waals surface area contributed by atoms with E-state index < -0.39 is 0 Å². The molecule has 1 unspecified atom stereocenters. The molecule has 1 atom stereocenters. The number of benzene rings is 2. The van der Waals surface area contributed by atoms with Crippen LogP contribution >= 0.6 is 0 Å². The van der Waals surface area contributed by atoms with Gasteiger partial charge in [0.2, 0.25) is 0 Å². The van der Waals surface area contributed by atoms with Crippen LogP contribution in [0.3, 0.4) is 0 Å². The fourth-order valence-electron chi connectivity index (χ4n) is 2.43. The van der Waals surface area contributed by atoms with Crippen molar-refractivity contribution in [3.63, 3.8) is 0 Å². The Balaban J connectivity index is 1.77. The van der Waals surface area contributed by atoms with Gasteiger partial charge in [-0.05, 0) is 43.7 Å². The summed E-state index contributed by atoms with van der Waals surface area (Å²) in [5.74, 6) is 1.80. The van der Waals surface area contributed by atoms with E-state index in [9.17, 15) is 4.39 Å². The first-order chi connectivity index (χ1) is 11.6. The number of anilines is 3. The van der Waals surface area contributed by atoms with Crippen LogP contribution in [0.5, 0.6) is 0 Å². The summed E-state index contributed by atoms with van der Waals surface area (Å²) < 4.78 is 13.0. The van der Waals surface area contributed by atoms with E-state index in [0.717, 1.165) is 11.5 Å². The topological polar surface area (TPSA) is 49.8 Å². The van der Waals surface area contributed by atoms with Crippen LogP contribution in [0.25, 0.3) is 0 Å². The van der Waals surface area contributed by atoms with Crippen LogP contribution in [0.1, 0.15) is 24.4 Å². The molecular formula is C19H19FN4. The average Bonchev–Trinajstić information content (AvgIpc) is 2.57. The summed E-state index contributed by atoms with van der Waals surface area (Å²) >= 11 is 0. The van der Waals surface area contributed by atoms with E-state index in [4.69, 9.17) is 0 Å². The number of rotatable bonds is 5. The van der Waals surface area contributed by atoms with Crippen LogP contribution in [0.15, 0.2) is 60.7 Å². The third kappa shape index (κ3) is 4.07. The van der Waals surface area contributed by atoms with Gasteiger partial charge in [-0.1, -0.05) is 30.3 Å². The molecule has 0 aliphatic rings. The highest BCUT2D eigenvalue weighted by molar-refractivity contribution is 5.59.